The van der Waals surface area contributed by atoms with Gasteiger partial charge in [0.05, 0.1) is 11.4 Å². The van der Waals surface area contributed by atoms with Crippen molar-refractivity contribution in [2.24, 2.45) is 0 Å². The monoisotopic (exact) mass is 397 g/mol. The molecule has 31 heavy (non-hydrogen) atoms. The Morgan fingerprint density at radius 1 is 0.581 bits per heavy atom. The first kappa shape index (κ1) is 18.1. The minimum atomic E-state index is 0.0243. The third kappa shape index (κ3) is 2.74. The number of fused-ring (bicyclic) bond motifs is 4. The SMILES string of the molecule is CC1(C)c2ccccc2-c2cc(-c3cc4ccccc4c(-c4ccccc4)n3)ccc21. The Bertz CT molecular complexity index is 1440. The highest BCUT2D eigenvalue weighted by atomic mass is 14.7. The van der Waals surface area contributed by atoms with Crippen molar-refractivity contribution in [3.8, 4) is 33.6 Å². The molecule has 0 saturated carbocycles. The number of hydrogen-bond acceptors (Lipinski definition) is 1. The zero-order chi connectivity index (χ0) is 21.0. The van der Waals surface area contributed by atoms with Crippen LogP contribution >= 0.6 is 0 Å². The van der Waals surface area contributed by atoms with E-state index in [4.69, 9.17) is 4.98 Å². The standard InChI is InChI=1S/C30H23N/c1-30(2)26-15-9-8-14-24(26)25-18-22(16-17-27(25)30)28-19-21-12-6-7-13-23(21)29(31-28)20-10-4-3-5-11-20/h3-19H,1-2H3. The molecule has 1 heterocycles. The maximum absolute atomic E-state index is 5.16. The molecule has 1 aliphatic rings. The minimum absolute atomic E-state index is 0.0243. The van der Waals surface area contributed by atoms with Crippen LogP contribution in [0.15, 0.2) is 103 Å². The van der Waals surface area contributed by atoms with Crippen LogP contribution in [0.1, 0.15) is 25.0 Å². The number of hydrogen-bond donors (Lipinski definition) is 0. The highest BCUT2D eigenvalue weighted by molar-refractivity contribution is 5.97. The largest absolute Gasteiger partial charge is 0.247 e. The van der Waals surface area contributed by atoms with Gasteiger partial charge in [-0.2, -0.15) is 0 Å². The second-order valence-corrected chi connectivity index (χ2v) is 8.87. The van der Waals surface area contributed by atoms with Gasteiger partial charge in [-0.25, -0.2) is 4.98 Å². The lowest BCUT2D eigenvalue weighted by Gasteiger charge is -2.21. The van der Waals surface area contributed by atoms with E-state index in [2.05, 4.69) is 117 Å². The van der Waals surface area contributed by atoms with E-state index in [0.717, 1.165) is 22.5 Å². The molecule has 148 valence electrons. The molecule has 0 fully saturated rings. The number of rotatable bonds is 2. The summed E-state index contributed by atoms with van der Waals surface area (Å²) in [7, 11) is 0. The van der Waals surface area contributed by atoms with E-state index in [1.165, 1.54) is 33.0 Å². The fraction of sp³-hybridized carbons (Fsp3) is 0.100. The molecule has 1 heteroatoms. The van der Waals surface area contributed by atoms with Gasteiger partial charge in [-0.3, -0.25) is 0 Å². The van der Waals surface area contributed by atoms with Crippen LogP contribution in [-0.2, 0) is 5.41 Å². The molecule has 0 amide bonds. The normalized spacial score (nSPS) is 13.7. The molecule has 0 spiro atoms. The number of aromatic nitrogens is 1. The summed E-state index contributed by atoms with van der Waals surface area (Å²) in [6, 6.07) is 36.9. The summed E-state index contributed by atoms with van der Waals surface area (Å²) in [4.78, 5) is 5.16. The summed E-state index contributed by atoms with van der Waals surface area (Å²) in [6.07, 6.45) is 0. The summed E-state index contributed by atoms with van der Waals surface area (Å²) >= 11 is 0. The smallest absolute Gasteiger partial charge is 0.0787 e. The van der Waals surface area contributed by atoms with Gasteiger partial charge in [-0.1, -0.05) is 105 Å². The van der Waals surface area contributed by atoms with Crippen molar-refractivity contribution < 1.29 is 0 Å². The topological polar surface area (TPSA) is 12.9 Å². The third-order valence-corrected chi connectivity index (χ3v) is 6.67. The molecule has 1 aromatic heterocycles. The Labute approximate surface area is 183 Å². The Balaban J connectivity index is 1.59. The first-order valence-corrected chi connectivity index (χ1v) is 10.8. The van der Waals surface area contributed by atoms with E-state index in [1.807, 2.05) is 0 Å². The van der Waals surface area contributed by atoms with Crippen LogP contribution in [0.5, 0.6) is 0 Å². The van der Waals surface area contributed by atoms with E-state index in [0.29, 0.717) is 0 Å². The molecular weight excluding hydrogens is 374 g/mol. The van der Waals surface area contributed by atoms with E-state index in [1.54, 1.807) is 0 Å². The molecule has 0 saturated heterocycles. The molecule has 1 nitrogen and oxygen atoms in total. The summed E-state index contributed by atoms with van der Waals surface area (Å²) in [5.41, 5.74) is 9.85. The van der Waals surface area contributed by atoms with Crippen molar-refractivity contribution in [2.75, 3.05) is 0 Å². The van der Waals surface area contributed by atoms with Gasteiger partial charge in [0.25, 0.3) is 0 Å². The molecule has 0 aliphatic heterocycles. The first-order valence-electron chi connectivity index (χ1n) is 10.8. The van der Waals surface area contributed by atoms with Crippen molar-refractivity contribution in [3.63, 3.8) is 0 Å². The quantitative estimate of drug-likeness (QED) is 0.295. The number of benzene rings is 4. The molecule has 0 atom stereocenters. The Kier molecular flexibility index (Phi) is 3.88. The molecule has 0 N–H and O–H groups in total. The van der Waals surface area contributed by atoms with Gasteiger partial charge in [0.2, 0.25) is 0 Å². The van der Waals surface area contributed by atoms with E-state index >= 15 is 0 Å². The van der Waals surface area contributed by atoms with Gasteiger partial charge in [-0.05, 0) is 39.8 Å². The summed E-state index contributed by atoms with van der Waals surface area (Å²) in [6.45, 7) is 4.64. The van der Waals surface area contributed by atoms with Gasteiger partial charge >= 0.3 is 0 Å². The van der Waals surface area contributed by atoms with Gasteiger partial charge in [0.1, 0.15) is 0 Å². The summed E-state index contributed by atoms with van der Waals surface area (Å²) in [5, 5.41) is 2.40. The molecule has 6 rings (SSSR count). The van der Waals surface area contributed by atoms with Crippen LogP contribution in [0.25, 0.3) is 44.4 Å². The van der Waals surface area contributed by atoms with E-state index in [-0.39, 0.29) is 5.41 Å². The van der Waals surface area contributed by atoms with Crippen LogP contribution in [0.2, 0.25) is 0 Å². The van der Waals surface area contributed by atoms with Crippen molar-refractivity contribution in [1.29, 1.82) is 0 Å². The van der Waals surface area contributed by atoms with Crippen LogP contribution in [0.3, 0.4) is 0 Å². The molecule has 5 aromatic rings. The Hall–Kier alpha value is -3.71. The van der Waals surface area contributed by atoms with Crippen molar-refractivity contribution in [3.05, 3.63) is 114 Å². The predicted octanol–water partition coefficient (Wildman–Crippen LogP) is 7.88. The maximum Gasteiger partial charge on any atom is 0.0787 e. The fourth-order valence-corrected chi connectivity index (χ4v) is 5.04. The van der Waals surface area contributed by atoms with E-state index < -0.39 is 0 Å². The summed E-state index contributed by atoms with van der Waals surface area (Å²) < 4.78 is 0. The van der Waals surface area contributed by atoms with Gasteiger partial charge < -0.3 is 0 Å². The minimum Gasteiger partial charge on any atom is -0.247 e. The Morgan fingerprint density at radius 3 is 2.16 bits per heavy atom. The number of nitrogens with zero attached hydrogens (tertiary/aromatic N) is 1. The summed E-state index contributed by atoms with van der Waals surface area (Å²) in [5.74, 6) is 0. The third-order valence-electron chi connectivity index (χ3n) is 6.67. The molecule has 0 unspecified atom stereocenters. The second kappa shape index (κ2) is 6.65. The highest BCUT2D eigenvalue weighted by Crippen LogP contribution is 2.49. The lowest BCUT2D eigenvalue weighted by atomic mass is 9.82. The zero-order valence-corrected chi connectivity index (χ0v) is 17.8. The zero-order valence-electron chi connectivity index (χ0n) is 17.8. The first-order chi connectivity index (χ1) is 15.1. The highest BCUT2D eigenvalue weighted by Gasteiger charge is 2.35. The average molecular weight is 398 g/mol. The molecule has 1 aliphatic carbocycles. The fourth-order valence-electron chi connectivity index (χ4n) is 5.04. The lowest BCUT2D eigenvalue weighted by Crippen LogP contribution is -2.14. The Morgan fingerprint density at radius 2 is 1.29 bits per heavy atom. The lowest BCUT2D eigenvalue weighted by molar-refractivity contribution is 0.660. The van der Waals surface area contributed by atoms with Gasteiger partial charge in [0, 0.05) is 21.9 Å². The van der Waals surface area contributed by atoms with Crippen LogP contribution in [0.4, 0.5) is 0 Å². The van der Waals surface area contributed by atoms with Crippen LogP contribution < -0.4 is 0 Å². The molecular formula is C30H23N. The molecule has 4 aromatic carbocycles. The van der Waals surface area contributed by atoms with Crippen molar-refractivity contribution in [1.82, 2.24) is 4.98 Å². The molecule has 0 bridgehead atoms. The number of pyridine rings is 1. The van der Waals surface area contributed by atoms with E-state index in [9.17, 15) is 0 Å². The maximum atomic E-state index is 5.16. The van der Waals surface area contributed by atoms with Crippen molar-refractivity contribution >= 4 is 10.8 Å². The molecule has 0 radical (unpaired) electrons. The average Bonchev–Trinajstić information content (AvgIpc) is 3.05. The van der Waals surface area contributed by atoms with Gasteiger partial charge in [0.15, 0.2) is 0 Å². The second-order valence-electron chi connectivity index (χ2n) is 8.87. The predicted molar refractivity (Wildman–Crippen MR) is 130 cm³/mol. The van der Waals surface area contributed by atoms with Crippen LogP contribution in [0, 0.1) is 0 Å². The van der Waals surface area contributed by atoms with Crippen LogP contribution in [-0.4, -0.2) is 4.98 Å². The van der Waals surface area contributed by atoms with Crippen molar-refractivity contribution in [2.45, 2.75) is 19.3 Å². The van der Waals surface area contributed by atoms with Gasteiger partial charge in [-0.15, -0.1) is 0 Å².